The zero-order valence-corrected chi connectivity index (χ0v) is 17.8. The molecule has 1 atom stereocenters. The second kappa shape index (κ2) is 8.40. The number of amides is 1. The summed E-state index contributed by atoms with van der Waals surface area (Å²) in [6, 6.07) is 10.9. The molecule has 31 heavy (non-hydrogen) atoms. The van der Waals surface area contributed by atoms with Crippen LogP contribution in [0.1, 0.15) is 39.6 Å². The highest BCUT2D eigenvalue weighted by molar-refractivity contribution is 5.94. The Hall–Kier alpha value is -2.77. The molecule has 7 heteroatoms. The highest BCUT2D eigenvalue weighted by Crippen LogP contribution is 2.29. The zero-order chi connectivity index (χ0) is 21.4. The first-order valence-electron chi connectivity index (χ1n) is 10.9. The van der Waals surface area contributed by atoms with Crippen LogP contribution in [0.5, 0.6) is 0 Å². The van der Waals surface area contributed by atoms with Gasteiger partial charge in [0.1, 0.15) is 11.5 Å². The van der Waals surface area contributed by atoms with E-state index in [0.29, 0.717) is 44.5 Å². The fourth-order valence-electron chi connectivity index (χ4n) is 4.69. The Labute approximate surface area is 181 Å². The molecule has 2 saturated heterocycles. The first-order chi connectivity index (χ1) is 15.1. The second-order valence-electron chi connectivity index (χ2n) is 8.47. The molecule has 6 nitrogen and oxygen atoms in total. The van der Waals surface area contributed by atoms with Gasteiger partial charge in [-0.1, -0.05) is 18.2 Å². The molecular formula is C24H27FN4O2. The smallest absolute Gasteiger partial charge is 0.274 e. The van der Waals surface area contributed by atoms with E-state index in [-0.39, 0.29) is 11.7 Å². The highest BCUT2D eigenvalue weighted by atomic mass is 19.1. The van der Waals surface area contributed by atoms with Crippen molar-refractivity contribution in [1.29, 1.82) is 0 Å². The summed E-state index contributed by atoms with van der Waals surface area (Å²) in [6.45, 7) is 6.84. The first-order valence-corrected chi connectivity index (χ1v) is 10.9. The minimum atomic E-state index is -0.203. The number of benzene rings is 1. The van der Waals surface area contributed by atoms with Crippen molar-refractivity contribution in [3.8, 4) is 0 Å². The number of imidazole rings is 1. The summed E-state index contributed by atoms with van der Waals surface area (Å²) >= 11 is 0. The Balaban J connectivity index is 1.42. The van der Waals surface area contributed by atoms with Gasteiger partial charge in [0.2, 0.25) is 0 Å². The molecule has 0 radical (unpaired) electrons. The van der Waals surface area contributed by atoms with Crippen molar-refractivity contribution in [2.75, 3.05) is 39.4 Å². The Morgan fingerprint density at radius 1 is 1.16 bits per heavy atom. The lowest BCUT2D eigenvalue weighted by Crippen LogP contribution is -2.41. The molecule has 0 N–H and O–H groups in total. The van der Waals surface area contributed by atoms with Crippen LogP contribution in [0.25, 0.3) is 5.65 Å². The average Bonchev–Trinajstić information content (AvgIpc) is 3.41. The lowest BCUT2D eigenvalue weighted by molar-refractivity contribution is 0.0298. The number of aryl methyl sites for hydroxylation is 1. The summed E-state index contributed by atoms with van der Waals surface area (Å²) < 4.78 is 20.8. The number of hydrogen-bond acceptors (Lipinski definition) is 4. The summed E-state index contributed by atoms with van der Waals surface area (Å²) in [5.41, 5.74) is 4.54. The molecule has 5 rings (SSSR count). The Kier molecular flexibility index (Phi) is 5.46. The van der Waals surface area contributed by atoms with Gasteiger partial charge < -0.3 is 14.0 Å². The van der Waals surface area contributed by atoms with Gasteiger partial charge in [-0.05, 0) is 55.1 Å². The number of ether oxygens (including phenoxy) is 1. The third-order valence-corrected chi connectivity index (χ3v) is 6.43. The minimum absolute atomic E-state index is 0.0179. The molecule has 2 aromatic heterocycles. The molecule has 2 aliphatic heterocycles. The Morgan fingerprint density at radius 2 is 1.94 bits per heavy atom. The number of carbonyl (C=O) groups excluding carboxylic acids is 1. The van der Waals surface area contributed by atoms with Crippen molar-refractivity contribution < 1.29 is 13.9 Å². The molecular weight excluding hydrogens is 395 g/mol. The van der Waals surface area contributed by atoms with Crippen LogP contribution in [-0.2, 0) is 11.3 Å². The number of aromatic nitrogens is 2. The molecule has 2 fully saturated rings. The third kappa shape index (κ3) is 3.95. The number of hydrogen-bond donors (Lipinski definition) is 0. The van der Waals surface area contributed by atoms with Crippen LogP contribution < -0.4 is 0 Å². The van der Waals surface area contributed by atoms with Gasteiger partial charge in [-0.15, -0.1) is 0 Å². The average molecular weight is 423 g/mol. The van der Waals surface area contributed by atoms with Crippen LogP contribution in [0.4, 0.5) is 4.39 Å². The molecule has 0 bridgehead atoms. The fraction of sp³-hybridized carbons (Fsp3) is 0.417. The molecule has 2 aliphatic rings. The van der Waals surface area contributed by atoms with E-state index in [4.69, 9.17) is 9.72 Å². The maximum Gasteiger partial charge on any atom is 0.274 e. The number of pyridine rings is 1. The Bertz CT molecular complexity index is 1090. The van der Waals surface area contributed by atoms with Crippen molar-refractivity contribution in [1.82, 2.24) is 19.2 Å². The second-order valence-corrected chi connectivity index (χ2v) is 8.47. The van der Waals surface area contributed by atoms with E-state index < -0.39 is 0 Å². The standard InChI is InChI=1S/C24H27FN4O2/c1-17-3-2-9-29-21(22(26-23(17)29)24(30)28-11-13-31-14-12-28)16-27-10-8-19(15-27)18-4-6-20(25)7-5-18/h2-7,9,19H,8,10-16H2,1H3/t19-/m1/s1. The van der Waals surface area contributed by atoms with E-state index in [1.807, 2.05) is 42.3 Å². The summed E-state index contributed by atoms with van der Waals surface area (Å²) in [7, 11) is 0. The van der Waals surface area contributed by atoms with Crippen molar-refractivity contribution in [3.63, 3.8) is 0 Å². The summed E-state index contributed by atoms with van der Waals surface area (Å²) in [5, 5.41) is 0. The predicted molar refractivity (Wildman–Crippen MR) is 116 cm³/mol. The van der Waals surface area contributed by atoms with E-state index in [9.17, 15) is 9.18 Å². The van der Waals surface area contributed by atoms with Crippen molar-refractivity contribution >= 4 is 11.6 Å². The van der Waals surface area contributed by atoms with E-state index in [0.717, 1.165) is 36.4 Å². The number of fused-ring (bicyclic) bond motifs is 1. The minimum Gasteiger partial charge on any atom is -0.378 e. The van der Waals surface area contributed by atoms with Gasteiger partial charge in [0.05, 0.1) is 18.9 Å². The summed E-state index contributed by atoms with van der Waals surface area (Å²) in [6.07, 6.45) is 3.02. The molecule has 4 heterocycles. The van der Waals surface area contributed by atoms with Gasteiger partial charge in [0.15, 0.2) is 5.69 Å². The van der Waals surface area contributed by atoms with E-state index in [2.05, 4.69) is 9.30 Å². The largest absolute Gasteiger partial charge is 0.378 e. The summed E-state index contributed by atoms with van der Waals surface area (Å²) in [5.74, 6) is 0.154. The topological polar surface area (TPSA) is 50.1 Å². The number of halogens is 1. The monoisotopic (exact) mass is 422 g/mol. The molecule has 0 spiro atoms. The molecule has 0 unspecified atom stereocenters. The number of morpholine rings is 1. The van der Waals surface area contributed by atoms with Gasteiger partial charge >= 0.3 is 0 Å². The lowest BCUT2D eigenvalue weighted by atomic mass is 9.99. The van der Waals surface area contributed by atoms with Crippen LogP contribution in [-0.4, -0.2) is 64.5 Å². The normalized spacial score (nSPS) is 19.9. The van der Waals surface area contributed by atoms with Gasteiger partial charge in [-0.2, -0.15) is 0 Å². The fourth-order valence-corrected chi connectivity index (χ4v) is 4.69. The Morgan fingerprint density at radius 3 is 2.71 bits per heavy atom. The van der Waals surface area contributed by atoms with Crippen LogP contribution in [0.15, 0.2) is 42.6 Å². The van der Waals surface area contributed by atoms with E-state index in [1.165, 1.54) is 17.7 Å². The van der Waals surface area contributed by atoms with Crippen LogP contribution in [0, 0.1) is 12.7 Å². The van der Waals surface area contributed by atoms with Gasteiger partial charge in [-0.3, -0.25) is 9.69 Å². The van der Waals surface area contributed by atoms with E-state index >= 15 is 0 Å². The maximum atomic E-state index is 13.3. The molecule has 0 aliphatic carbocycles. The number of likely N-dealkylation sites (tertiary alicyclic amines) is 1. The maximum absolute atomic E-state index is 13.3. The number of nitrogens with zero attached hydrogens (tertiary/aromatic N) is 4. The number of carbonyl (C=O) groups is 1. The van der Waals surface area contributed by atoms with Gasteiger partial charge in [0, 0.05) is 32.4 Å². The molecule has 3 aromatic rings. The molecule has 1 aromatic carbocycles. The zero-order valence-electron chi connectivity index (χ0n) is 17.8. The van der Waals surface area contributed by atoms with Gasteiger partial charge in [0.25, 0.3) is 5.91 Å². The van der Waals surface area contributed by atoms with Crippen molar-refractivity contribution in [3.05, 3.63) is 70.9 Å². The summed E-state index contributed by atoms with van der Waals surface area (Å²) in [4.78, 5) is 22.3. The van der Waals surface area contributed by atoms with Gasteiger partial charge in [-0.25, -0.2) is 9.37 Å². The van der Waals surface area contributed by atoms with Crippen molar-refractivity contribution in [2.24, 2.45) is 0 Å². The SMILES string of the molecule is Cc1cccn2c(CN3CC[C@@H](c4ccc(F)cc4)C3)c(C(=O)N3CCOCC3)nc12. The number of rotatable bonds is 4. The van der Waals surface area contributed by atoms with Crippen molar-refractivity contribution in [2.45, 2.75) is 25.8 Å². The predicted octanol–water partition coefficient (Wildman–Crippen LogP) is 3.24. The first kappa shape index (κ1) is 20.2. The van der Waals surface area contributed by atoms with Crippen LogP contribution in [0.2, 0.25) is 0 Å². The molecule has 162 valence electrons. The third-order valence-electron chi connectivity index (χ3n) is 6.43. The lowest BCUT2D eigenvalue weighted by Gasteiger charge is -2.26. The van der Waals surface area contributed by atoms with Crippen LogP contribution in [0.3, 0.4) is 0 Å². The van der Waals surface area contributed by atoms with E-state index in [1.54, 1.807) is 0 Å². The quantitative estimate of drug-likeness (QED) is 0.648. The van der Waals surface area contributed by atoms with Crippen LogP contribution >= 0.6 is 0 Å². The highest BCUT2D eigenvalue weighted by Gasteiger charge is 2.29. The molecule has 0 saturated carbocycles. The molecule has 1 amide bonds.